The lowest BCUT2D eigenvalue weighted by Gasteiger charge is -2.20. The van der Waals surface area contributed by atoms with E-state index in [1.165, 1.54) is 0 Å². The molecule has 0 fully saturated rings. The summed E-state index contributed by atoms with van der Waals surface area (Å²) in [6, 6.07) is -0.778. The molecule has 5 heteroatoms. The molecular weight excluding hydrogens is 258 g/mol. The number of ether oxygens (including phenoxy) is 2. The molecule has 0 amide bonds. The number of carbonyl (C=O) groups excluding carboxylic acids is 2. The van der Waals surface area contributed by atoms with Gasteiger partial charge >= 0.3 is 11.9 Å². The highest BCUT2D eigenvalue weighted by Gasteiger charge is 2.21. The van der Waals surface area contributed by atoms with Gasteiger partial charge in [0.15, 0.2) is 0 Å². The van der Waals surface area contributed by atoms with Gasteiger partial charge in [-0.15, -0.1) is 0 Å². The predicted octanol–water partition coefficient (Wildman–Crippen LogP) is 2.27. The highest BCUT2D eigenvalue weighted by molar-refractivity contribution is 5.77. The number of rotatable bonds is 6. The van der Waals surface area contributed by atoms with Crippen LogP contribution in [0.4, 0.5) is 0 Å². The first-order valence-electron chi connectivity index (χ1n) is 6.98. The van der Waals surface area contributed by atoms with Gasteiger partial charge in [0.2, 0.25) is 0 Å². The van der Waals surface area contributed by atoms with Crippen LogP contribution in [0.15, 0.2) is 0 Å². The highest BCUT2D eigenvalue weighted by atomic mass is 16.5. The topological polar surface area (TPSA) is 78.6 Å². The van der Waals surface area contributed by atoms with Crippen LogP contribution in [-0.2, 0) is 19.1 Å². The Labute approximate surface area is 122 Å². The molecule has 0 spiro atoms. The van der Waals surface area contributed by atoms with Crippen LogP contribution < -0.4 is 5.73 Å². The zero-order chi connectivity index (χ0) is 16.0. The molecule has 0 heterocycles. The van der Waals surface area contributed by atoms with Crippen molar-refractivity contribution in [3.05, 3.63) is 0 Å². The molecule has 2 N–H and O–H groups in total. The van der Waals surface area contributed by atoms with Crippen molar-refractivity contribution in [1.29, 1.82) is 0 Å². The third kappa shape index (κ3) is 10.8. The Morgan fingerprint density at radius 3 is 1.85 bits per heavy atom. The van der Waals surface area contributed by atoms with Crippen molar-refractivity contribution in [3.8, 4) is 0 Å². The minimum Gasteiger partial charge on any atom is -0.465 e. The normalized spacial score (nSPS) is 13.8. The SMILES string of the molecule is CC(C)(C)COC(=O)CC[C@@H](N)C(=O)OCC(C)(C)C. The maximum absolute atomic E-state index is 11.6. The summed E-state index contributed by atoms with van der Waals surface area (Å²) in [6.07, 6.45) is 0.369. The lowest BCUT2D eigenvalue weighted by atomic mass is 9.98. The van der Waals surface area contributed by atoms with Crippen molar-refractivity contribution in [2.75, 3.05) is 13.2 Å². The Bertz CT molecular complexity index is 326. The number of carbonyl (C=O) groups is 2. The van der Waals surface area contributed by atoms with E-state index in [-0.39, 0.29) is 29.6 Å². The molecule has 0 aromatic carbocycles. The summed E-state index contributed by atoms with van der Waals surface area (Å²) >= 11 is 0. The van der Waals surface area contributed by atoms with Crippen LogP contribution in [-0.4, -0.2) is 31.2 Å². The molecule has 0 saturated heterocycles. The average molecular weight is 287 g/mol. The molecule has 0 unspecified atom stereocenters. The van der Waals surface area contributed by atoms with Crippen LogP contribution in [0.5, 0.6) is 0 Å². The van der Waals surface area contributed by atoms with E-state index in [1.54, 1.807) is 0 Å². The van der Waals surface area contributed by atoms with E-state index < -0.39 is 12.0 Å². The smallest absolute Gasteiger partial charge is 0.322 e. The Morgan fingerprint density at radius 2 is 1.40 bits per heavy atom. The maximum atomic E-state index is 11.6. The molecule has 5 nitrogen and oxygen atoms in total. The Morgan fingerprint density at radius 1 is 0.950 bits per heavy atom. The second-order valence-electron chi connectivity index (χ2n) is 7.53. The van der Waals surface area contributed by atoms with Gasteiger partial charge in [-0.3, -0.25) is 9.59 Å². The molecule has 118 valence electrons. The lowest BCUT2D eigenvalue weighted by molar-refractivity contribution is -0.149. The predicted molar refractivity (Wildman–Crippen MR) is 78.0 cm³/mol. The standard InChI is InChI=1S/C15H29NO4/c1-14(2,3)9-19-12(17)8-7-11(16)13(18)20-10-15(4,5)6/h11H,7-10,16H2,1-6H3/t11-/m1/s1. The second-order valence-corrected chi connectivity index (χ2v) is 7.53. The van der Waals surface area contributed by atoms with Gasteiger partial charge in [0.05, 0.1) is 13.2 Å². The maximum Gasteiger partial charge on any atom is 0.322 e. The van der Waals surface area contributed by atoms with Crippen LogP contribution in [0.2, 0.25) is 0 Å². The van der Waals surface area contributed by atoms with Crippen LogP contribution in [0.25, 0.3) is 0 Å². The van der Waals surface area contributed by atoms with Crippen LogP contribution >= 0.6 is 0 Å². The monoisotopic (exact) mass is 287 g/mol. The van der Waals surface area contributed by atoms with E-state index in [0.29, 0.717) is 13.2 Å². The van der Waals surface area contributed by atoms with Crippen LogP contribution in [0, 0.1) is 10.8 Å². The summed E-state index contributed by atoms with van der Waals surface area (Å²) in [4.78, 5) is 23.1. The fourth-order valence-corrected chi connectivity index (χ4v) is 1.16. The summed E-state index contributed by atoms with van der Waals surface area (Å²) in [5.74, 6) is -0.803. The summed E-state index contributed by atoms with van der Waals surface area (Å²) in [7, 11) is 0. The molecule has 0 aliphatic heterocycles. The molecule has 1 atom stereocenters. The van der Waals surface area contributed by atoms with E-state index in [9.17, 15) is 9.59 Å². The lowest BCUT2D eigenvalue weighted by Crippen LogP contribution is -2.35. The van der Waals surface area contributed by atoms with Crippen LogP contribution in [0.3, 0.4) is 0 Å². The minimum atomic E-state index is -0.778. The molecule has 0 bridgehead atoms. The summed E-state index contributed by atoms with van der Waals surface area (Å²) in [6.45, 7) is 12.5. The van der Waals surface area contributed by atoms with Gasteiger partial charge in [0.25, 0.3) is 0 Å². The number of hydrogen-bond acceptors (Lipinski definition) is 5. The molecular formula is C15H29NO4. The van der Waals surface area contributed by atoms with Crippen LogP contribution in [0.1, 0.15) is 54.4 Å². The van der Waals surface area contributed by atoms with Crippen molar-refractivity contribution in [3.63, 3.8) is 0 Å². The molecule has 0 radical (unpaired) electrons. The quantitative estimate of drug-likeness (QED) is 0.758. The van der Waals surface area contributed by atoms with E-state index in [4.69, 9.17) is 15.2 Å². The van der Waals surface area contributed by atoms with E-state index in [1.807, 2.05) is 41.5 Å². The number of hydrogen-bond donors (Lipinski definition) is 1. The molecule has 0 saturated carbocycles. The number of esters is 2. The van der Waals surface area contributed by atoms with Crippen molar-refractivity contribution >= 4 is 11.9 Å². The van der Waals surface area contributed by atoms with Crippen molar-refractivity contribution < 1.29 is 19.1 Å². The van der Waals surface area contributed by atoms with Gasteiger partial charge in [-0.05, 0) is 17.3 Å². The Hall–Kier alpha value is -1.10. The van der Waals surface area contributed by atoms with Gasteiger partial charge in [-0.1, -0.05) is 41.5 Å². The van der Waals surface area contributed by atoms with Gasteiger partial charge in [0.1, 0.15) is 6.04 Å². The van der Waals surface area contributed by atoms with Crippen molar-refractivity contribution in [2.45, 2.75) is 60.4 Å². The third-order valence-electron chi connectivity index (χ3n) is 2.28. The van der Waals surface area contributed by atoms with E-state index >= 15 is 0 Å². The minimum absolute atomic E-state index is 0.0661. The molecule has 0 aromatic rings. The Kier molecular flexibility index (Phi) is 7.20. The van der Waals surface area contributed by atoms with Gasteiger partial charge < -0.3 is 15.2 Å². The fourth-order valence-electron chi connectivity index (χ4n) is 1.16. The van der Waals surface area contributed by atoms with Crippen molar-refractivity contribution in [1.82, 2.24) is 0 Å². The zero-order valence-electron chi connectivity index (χ0n) is 13.6. The molecule has 0 aliphatic carbocycles. The summed E-state index contributed by atoms with van der Waals surface area (Å²) in [5, 5.41) is 0. The first kappa shape index (κ1) is 18.9. The van der Waals surface area contributed by atoms with Crippen molar-refractivity contribution in [2.24, 2.45) is 16.6 Å². The average Bonchev–Trinajstić information content (AvgIpc) is 2.28. The van der Waals surface area contributed by atoms with Gasteiger partial charge in [-0.2, -0.15) is 0 Å². The summed E-state index contributed by atoms with van der Waals surface area (Å²) < 4.78 is 10.2. The second kappa shape index (κ2) is 7.62. The Balaban J connectivity index is 3.94. The molecule has 20 heavy (non-hydrogen) atoms. The molecule has 0 rings (SSSR count). The van der Waals surface area contributed by atoms with E-state index in [0.717, 1.165) is 0 Å². The number of nitrogens with two attached hydrogens (primary N) is 1. The molecule has 0 aliphatic rings. The fraction of sp³-hybridized carbons (Fsp3) is 0.867. The molecule has 0 aromatic heterocycles. The third-order valence-corrected chi connectivity index (χ3v) is 2.28. The largest absolute Gasteiger partial charge is 0.465 e. The summed E-state index contributed by atoms with van der Waals surface area (Å²) in [5.41, 5.74) is 5.53. The first-order chi connectivity index (χ1) is 8.91. The van der Waals surface area contributed by atoms with E-state index in [2.05, 4.69) is 0 Å². The highest BCUT2D eigenvalue weighted by Crippen LogP contribution is 2.15. The van der Waals surface area contributed by atoms with Gasteiger partial charge in [0, 0.05) is 6.42 Å². The van der Waals surface area contributed by atoms with Gasteiger partial charge in [-0.25, -0.2) is 0 Å². The first-order valence-corrected chi connectivity index (χ1v) is 6.98. The zero-order valence-corrected chi connectivity index (χ0v) is 13.6.